The molecule has 0 atom stereocenters. The van der Waals surface area contributed by atoms with Crippen LogP contribution in [0.15, 0.2) is 39.7 Å². The average Bonchev–Trinajstić information content (AvgIpc) is 2.77. The molecule has 6 heteroatoms. The summed E-state index contributed by atoms with van der Waals surface area (Å²) in [5.74, 6) is -0.373. The lowest BCUT2D eigenvalue weighted by molar-refractivity contribution is -0.672. The van der Waals surface area contributed by atoms with Crippen LogP contribution < -0.4 is 10.3 Å². The number of H-pyrrole nitrogens is 1. The Hall–Kier alpha value is -2.63. The Bertz CT molecular complexity index is 680. The number of benzene rings is 1. The second kappa shape index (κ2) is 6.01. The summed E-state index contributed by atoms with van der Waals surface area (Å²) in [4.78, 5) is 22.3. The predicted octanol–water partition coefficient (Wildman–Crippen LogP) is 1.13. The van der Waals surface area contributed by atoms with Crippen LogP contribution >= 0.6 is 0 Å². The molecule has 0 saturated heterocycles. The third-order valence-electron chi connectivity index (χ3n) is 2.63. The fourth-order valence-electron chi connectivity index (χ4n) is 1.63. The molecule has 20 heavy (non-hydrogen) atoms. The number of aromatic amines is 1. The Balaban J connectivity index is 2.25. The Morgan fingerprint density at radius 2 is 2.10 bits per heavy atom. The molecule has 0 unspecified atom stereocenters. The van der Waals surface area contributed by atoms with Crippen molar-refractivity contribution in [3.63, 3.8) is 0 Å². The first-order valence-corrected chi connectivity index (χ1v) is 6.08. The van der Waals surface area contributed by atoms with Crippen LogP contribution in [0.2, 0.25) is 0 Å². The standard InChI is InChI=1S/C14H14N2O4/c1-10-5-7-12(8-6-10)16-13(14(18)20-15-16)4-3-9-19-11(2)17/h3-8H,9H2,1-2H3/p+1/b4-3+. The number of hydrogen-bond acceptors (Lipinski definition) is 4. The molecule has 104 valence electrons. The van der Waals surface area contributed by atoms with Crippen LogP contribution in [0.1, 0.15) is 18.2 Å². The maximum atomic E-state index is 11.6. The van der Waals surface area contributed by atoms with Crippen molar-refractivity contribution in [3.8, 4) is 5.69 Å². The van der Waals surface area contributed by atoms with E-state index in [-0.39, 0.29) is 12.6 Å². The zero-order chi connectivity index (χ0) is 14.5. The smallest absolute Gasteiger partial charge is 0.435 e. The highest BCUT2D eigenvalue weighted by molar-refractivity contribution is 5.66. The van der Waals surface area contributed by atoms with Gasteiger partial charge < -0.3 is 4.74 Å². The molecule has 0 spiro atoms. The van der Waals surface area contributed by atoms with Crippen LogP contribution in [0.5, 0.6) is 0 Å². The molecule has 0 radical (unpaired) electrons. The summed E-state index contributed by atoms with van der Waals surface area (Å²) >= 11 is 0. The minimum absolute atomic E-state index is 0.105. The van der Waals surface area contributed by atoms with Gasteiger partial charge in [-0.15, -0.1) is 0 Å². The zero-order valence-corrected chi connectivity index (χ0v) is 11.3. The highest BCUT2D eigenvalue weighted by Crippen LogP contribution is 2.03. The molecule has 0 saturated carbocycles. The van der Waals surface area contributed by atoms with Gasteiger partial charge >= 0.3 is 17.3 Å². The van der Waals surface area contributed by atoms with Gasteiger partial charge in [0.2, 0.25) is 5.69 Å². The minimum atomic E-state index is -0.496. The fraction of sp³-hybridized carbons (Fsp3) is 0.214. The highest BCUT2D eigenvalue weighted by Gasteiger charge is 2.20. The molecule has 0 aliphatic heterocycles. The van der Waals surface area contributed by atoms with Crippen LogP contribution in [0.25, 0.3) is 11.8 Å². The van der Waals surface area contributed by atoms with E-state index in [4.69, 9.17) is 9.26 Å². The van der Waals surface area contributed by atoms with Crippen molar-refractivity contribution in [3.05, 3.63) is 52.0 Å². The molecule has 2 rings (SSSR count). The van der Waals surface area contributed by atoms with Gasteiger partial charge in [-0.05, 0) is 23.0 Å². The van der Waals surface area contributed by atoms with E-state index in [1.54, 1.807) is 12.2 Å². The largest absolute Gasteiger partial charge is 0.462 e. The number of rotatable bonds is 4. The van der Waals surface area contributed by atoms with E-state index < -0.39 is 5.63 Å². The third kappa shape index (κ3) is 3.23. The van der Waals surface area contributed by atoms with E-state index in [1.807, 2.05) is 31.2 Å². The summed E-state index contributed by atoms with van der Waals surface area (Å²) in [6.07, 6.45) is 3.12. The van der Waals surface area contributed by atoms with Crippen LogP contribution in [0, 0.1) is 6.92 Å². The fourth-order valence-corrected chi connectivity index (χ4v) is 1.63. The Labute approximate surface area is 115 Å². The molecular formula is C14H15N2O4+. The topological polar surface area (TPSA) is 76.2 Å². The number of hydrogen-bond donors (Lipinski definition) is 1. The predicted molar refractivity (Wildman–Crippen MR) is 71.3 cm³/mol. The number of carbonyl (C=O) groups is 1. The Morgan fingerprint density at radius 3 is 2.75 bits per heavy atom. The molecule has 2 aromatic rings. The van der Waals surface area contributed by atoms with Crippen molar-refractivity contribution >= 4 is 12.0 Å². The molecule has 1 heterocycles. The average molecular weight is 275 g/mol. The molecule has 0 bridgehead atoms. The van der Waals surface area contributed by atoms with Gasteiger partial charge in [-0.25, -0.2) is 4.79 Å². The van der Waals surface area contributed by atoms with Gasteiger partial charge in [-0.1, -0.05) is 17.7 Å². The van der Waals surface area contributed by atoms with E-state index in [9.17, 15) is 9.59 Å². The summed E-state index contributed by atoms with van der Waals surface area (Å²) in [5.41, 5.74) is 1.71. The molecule has 6 nitrogen and oxygen atoms in total. The van der Waals surface area contributed by atoms with E-state index in [2.05, 4.69) is 5.27 Å². The lowest BCUT2D eigenvalue weighted by Gasteiger charge is -1.94. The van der Waals surface area contributed by atoms with Gasteiger partial charge in [0.15, 0.2) is 0 Å². The number of aryl methyl sites for hydroxylation is 1. The van der Waals surface area contributed by atoms with Crippen LogP contribution in [0.3, 0.4) is 0 Å². The van der Waals surface area contributed by atoms with E-state index >= 15 is 0 Å². The van der Waals surface area contributed by atoms with Gasteiger partial charge in [-0.3, -0.25) is 9.32 Å². The second-order valence-electron chi connectivity index (χ2n) is 4.24. The zero-order valence-electron chi connectivity index (χ0n) is 11.3. The van der Waals surface area contributed by atoms with Crippen LogP contribution in [0.4, 0.5) is 0 Å². The molecule has 0 fully saturated rings. The van der Waals surface area contributed by atoms with Gasteiger partial charge in [-0.2, -0.15) is 0 Å². The summed E-state index contributed by atoms with van der Waals surface area (Å²) in [5, 5.41) is 2.53. The van der Waals surface area contributed by atoms with Crippen LogP contribution in [-0.2, 0) is 9.53 Å². The second-order valence-corrected chi connectivity index (χ2v) is 4.24. The summed E-state index contributed by atoms with van der Waals surface area (Å²) in [6, 6.07) is 7.59. The van der Waals surface area contributed by atoms with Gasteiger partial charge in [0.25, 0.3) is 0 Å². The molecule has 1 N–H and O–H groups in total. The molecule has 1 aromatic carbocycles. The molecule has 1 aromatic heterocycles. The van der Waals surface area contributed by atoms with Crippen molar-refractivity contribution in [1.29, 1.82) is 0 Å². The first-order chi connectivity index (χ1) is 9.58. The first-order valence-electron chi connectivity index (χ1n) is 6.08. The van der Waals surface area contributed by atoms with Crippen LogP contribution in [-0.4, -0.2) is 17.8 Å². The summed E-state index contributed by atoms with van der Waals surface area (Å²) < 4.78 is 11.1. The number of esters is 1. The minimum Gasteiger partial charge on any atom is -0.462 e. The molecule has 0 aliphatic rings. The molecule has 0 amide bonds. The molecule has 0 aliphatic carbocycles. The van der Waals surface area contributed by atoms with E-state index in [0.717, 1.165) is 11.3 Å². The van der Waals surface area contributed by atoms with Crippen molar-refractivity contribution in [2.45, 2.75) is 13.8 Å². The van der Waals surface area contributed by atoms with Crippen molar-refractivity contribution in [2.24, 2.45) is 0 Å². The molecular weight excluding hydrogens is 260 g/mol. The van der Waals surface area contributed by atoms with Gasteiger partial charge in [0, 0.05) is 25.1 Å². The summed E-state index contributed by atoms with van der Waals surface area (Å²) in [6.45, 7) is 3.41. The summed E-state index contributed by atoms with van der Waals surface area (Å²) in [7, 11) is 0. The van der Waals surface area contributed by atoms with E-state index in [0.29, 0.717) is 5.69 Å². The maximum Gasteiger partial charge on any atom is 0.435 e. The van der Waals surface area contributed by atoms with Gasteiger partial charge in [0.05, 0.1) is 0 Å². The number of ether oxygens (including phenoxy) is 1. The quantitative estimate of drug-likeness (QED) is 0.670. The lowest BCUT2D eigenvalue weighted by Crippen LogP contribution is -2.36. The number of nitrogens with one attached hydrogen (secondary N) is 1. The van der Waals surface area contributed by atoms with Gasteiger partial charge in [0.1, 0.15) is 6.61 Å². The Kier molecular flexibility index (Phi) is 4.14. The van der Waals surface area contributed by atoms with Crippen molar-refractivity contribution < 1.29 is 18.7 Å². The normalized spacial score (nSPS) is 10.9. The monoisotopic (exact) mass is 275 g/mol. The van der Waals surface area contributed by atoms with E-state index in [1.165, 1.54) is 11.6 Å². The third-order valence-corrected chi connectivity index (χ3v) is 2.63. The number of carbonyl (C=O) groups excluding carboxylic acids is 1. The number of aromatic nitrogens is 2. The van der Waals surface area contributed by atoms with Crippen molar-refractivity contribution in [1.82, 2.24) is 5.27 Å². The first kappa shape index (κ1) is 13.8. The maximum absolute atomic E-state index is 11.6. The Morgan fingerprint density at radius 1 is 1.40 bits per heavy atom. The highest BCUT2D eigenvalue weighted by atomic mass is 16.5. The number of nitrogens with zero attached hydrogens (tertiary/aromatic N) is 1. The lowest BCUT2D eigenvalue weighted by atomic mass is 10.2. The van der Waals surface area contributed by atoms with Crippen molar-refractivity contribution in [2.75, 3.05) is 6.61 Å². The SMILES string of the molecule is CC(=O)OC/C=C/c1c(=O)o[nH][n+]1-c1ccc(C)cc1.